The van der Waals surface area contributed by atoms with Crippen LogP contribution in [0.5, 0.6) is 0 Å². The van der Waals surface area contributed by atoms with Crippen molar-refractivity contribution in [3.8, 4) is 0 Å². The summed E-state index contributed by atoms with van der Waals surface area (Å²) in [6.07, 6.45) is 0. The number of aryl methyl sites for hydroxylation is 2. The highest BCUT2D eigenvalue weighted by Gasteiger charge is 2.34. The van der Waals surface area contributed by atoms with E-state index in [4.69, 9.17) is 23.2 Å². The maximum Gasteiger partial charge on any atom is 0.272 e. The number of carbonyl (C=O) groups excluding carboxylic acids is 2. The van der Waals surface area contributed by atoms with E-state index in [2.05, 4.69) is 0 Å². The molecule has 0 radical (unpaired) electrons. The maximum atomic E-state index is 13.9. The fraction of sp³-hybridized carbons (Fsp3) is 0.0588. The number of sulfonamides is 2. The van der Waals surface area contributed by atoms with Gasteiger partial charge in [-0.05, 0) is 111 Å². The largest absolute Gasteiger partial charge is 0.272 e. The van der Waals surface area contributed by atoms with Gasteiger partial charge < -0.3 is 0 Å². The highest BCUT2D eigenvalue weighted by Crippen LogP contribution is 2.32. The van der Waals surface area contributed by atoms with Gasteiger partial charge in [-0.1, -0.05) is 58.6 Å². The lowest BCUT2D eigenvalue weighted by Gasteiger charge is -2.25. The highest BCUT2D eigenvalue weighted by molar-refractivity contribution is 7.94. The third-order valence-electron chi connectivity index (χ3n) is 6.99. The van der Waals surface area contributed by atoms with Crippen LogP contribution in [-0.2, 0) is 20.0 Å². The molecule has 0 heterocycles. The summed E-state index contributed by atoms with van der Waals surface area (Å²) in [6, 6.07) is 28.5. The number of amides is 2. The summed E-state index contributed by atoms with van der Waals surface area (Å²) in [5.41, 5.74) is 1.56. The maximum absolute atomic E-state index is 13.9. The Morgan fingerprint density at radius 3 is 1.02 bits per heavy atom. The molecule has 0 aliphatic rings. The Bertz CT molecular complexity index is 1960. The Kier molecular flexibility index (Phi) is 9.37. The van der Waals surface area contributed by atoms with Gasteiger partial charge in [0.2, 0.25) is 0 Å². The first-order chi connectivity index (χ1) is 21.8. The molecule has 5 rings (SSSR count). The monoisotopic (exact) mass is 692 g/mol. The van der Waals surface area contributed by atoms with Crippen LogP contribution in [0.15, 0.2) is 131 Å². The first kappa shape index (κ1) is 32.9. The van der Waals surface area contributed by atoms with Crippen molar-refractivity contribution in [3.63, 3.8) is 0 Å². The minimum Gasteiger partial charge on any atom is -0.268 e. The molecule has 0 saturated heterocycles. The van der Waals surface area contributed by atoms with E-state index in [1.807, 2.05) is 0 Å². The van der Waals surface area contributed by atoms with Crippen LogP contribution in [0.2, 0.25) is 10.0 Å². The summed E-state index contributed by atoms with van der Waals surface area (Å²) in [5.74, 6) is -1.74. The van der Waals surface area contributed by atoms with Gasteiger partial charge in [0.15, 0.2) is 0 Å². The highest BCUT2D eigenvalue weighted by atomic mass is 35.5. The molecule has 0 unspecified atom stereocenters. The Labute approximate surface area is 277 Å². The molecule has 0 spiro atoms. The minimum absolute atomic E-state index is 0.0469. The van der Waals surface area contributed by atoms with Gasteiger partial charge in [-0.15, -0.1) is 0 Å². The Hall–Kier alpha value is -4.48. The number of nitrogens with zero attached hydrogens (tertiary/aromatic N) is 2. The van der Waals surface area contributed by atoms with Gasteiger partial charge in [-0.25, -0.2) is 16.8 Å². The first-order valence-corrected chi connectivity index (χ1v) is 17.4. The summed E-state index contributed by atoms with van der Waals surface area (Å²) >= 11 is 12.0. The molecule has 2 amide bonds. The van der Waals surface area contributed by atoms with Crippen LogP contribution in [0.3, 0.4) is 0 Å². The molecule has 0 fully saturated rings. The second-order valence-electron chi connectivity index (χ2n) is 10.3. The van der Waals surface area contributed by atoms with Crippen LogP contribution in [0.1, 0.15) is 31.8 Å². The van der Waals surface area contributed by atoms with Crippen LogP contribution in [-0.4, -0.2) is 28.6 Å². The van der Waals surface area contributed by atoms with Gasteiger partial charge in [0.1, 0.15) is 0 Å². The molecule has 8 nitrogen and oxygen atoms in total. The third-order valence-corrected chi connectivity index (χ3v) is 10.9. The lowest BCUT2D eigenvalue weighted by Crippen LogP contribution is -2.38. The van der Waals surface area contributed by atoms with Gasteiger partial charge in [-0.3, -0.25) is 9.59 Å². The number of anilines is 2. The summed E-state index contributed by atoms with van der Waals surface area (Å²) in [7, 11) is -8.92. The second kappa shape index (κ2) is 13.1. The molecule has 234 valence electrons. The average molecular weight is 694 g/mol. The average Bonchev–Trinajstić information content (AvgIpc) is 3.03. The molecular formula is C34H26Cl2N2O6S2. The van der Waals surface area contributed by atoms with E-state index in [1.165, 1.54) is 97.1 Å². The fourth-order valence-corrected chi connectivity index (χ4v) is 7.58. The summed E-state index contributed by atoms with van der Waals surface area (Å²) < 4.78 is 57.0. The molecule has 12 heteroatoms. The van der Waals surface area contributed by atoms with E-state index in [-0.39, 0.29) is 32.3 Å². The van der Waals surface area contributed by atoms with Crippen molar-refractivity contribution in [2.45, 2.75) is 23.6 Å². The first-order valence-electron chi connectivity index (χ1n) is 13.7. The number of rotatable bonds is 8. The molecule has 0 bridgehead atoms. The van der Waals surface area contributed by atoms with Crippen molar-refractivity contribution in [1.29, 1.82) is 0 Å². The van der Waals surface area contributed by atoms with Crippen molar-refractivity contribution in [3.05, 3.63) is 154 Å². The molecule has 46 heavy (non-hydrogen) atoms. The van der Waals surface area contributed by atoms with Crippen molar-refractivity contribution in [2.24, 2.45) is 0 Å². The number of benzene rings is 5. The van der Waals surface area contributed by atoms with Gasteiger partial charge >= 0.3 is 0 Å². The van der Waals surface area contributed by atoms with Crippen molar-refractivity contribution in [1.82, 2.24) is 0 Å². The van der Waals surface area contributed by atoms with E-state index in [1.54, 1.807) is 38.1 Å². The van der Waals surface area contributed by atoms with E-state index in [0.717, 1.165) is 11.1 Å². The number of carbonyl (C=O) groups is 2. The number of halogens is 2. The molecule has 0 aliphatic heterocycles. The van der Waals surface area contributed by atoms with E-state index >= 15 is 0 Å². The fourth-order valence-electron chi connectivity index (χ4n) is 4.50. The van der Waals surface area contributed by atoms with Gasteiger partial charge in [0.05, 0.1) is 21.2 Å². The molecule has 5 aromatic rings. The topological polar surface area (TPSA) is 109 Å². The predicted octanol–water partition coefficient (Wildman–Crippen LogP) is 7.68. The molecule has 0 aliphatic carbocycles. The molecule has 0 saturated carbocycles. The van der Waals surface area contributed by atoms with E-state index in [0.29, 0.717) is 18.7 Å². The normalized spacial score (nSPS) is 11.6. The van der Waals surface area contributed by atoms with Gasteiger partial charge in [0.25, 0.3) is 31.9 Å². The number of hydrogen-bond donors (Lipinski definition) is 0. The zero-order chi connectivity index (χ0) is 33.2. The Morgan fingerprint density at radius 2 is 0.739 bits per heavy atom. The lowest BCUT2D eigenvalue weighted by atomic mass is 10.2. The lowest BCUT2D eigenvalue weighted by molar-refractivity contribution is 0.0996. The van der Waals surface area contributed by atoms with Crippen molar-refractivity contribution < 1.29 is 26.4 Å². The van der Waals surface area contributed by atoms with Crippen LogP contribution in [0.25, 0.3) is 0 Å². The summed E-state index contributed by atoms with van der Waals surface area (Å²) in [5, 5.41) is 0.711. The zero-order valence-corrected chi connectivity index (χ0v) is 27.6. The smallest absolute Gasteiger partial charge is 0.268 e. The second-order valence-corrected chi connectivity index (χ2v) is 14.8. The van der Waals surface area contributed by atoms with Crippen LogP contribution < -0.4 is 8.61 Å². The third kappa shape index (κ3) is 6.70. The quantitative estimate of drug-likeness (QED) is 0.165. The minimum atomic E-state index is -4.46. The molecule has 0 aromatic heterocycles. The summed E-state index contributed by atoms with van der Waals surface area (Å²) in [4.78, 5) is 27.3. The predicted molar refractivity (Wildman–Crippen MR) is 180 cm³/mol. The van der Waals surface area contributed by atoms with Crippen molar-refractivity contribution >= 4 is 66.4 Å². The molecule has 5 aromatic carbocycles. The Balaban J connectivity index is 1.64. The van der Waals surface area contributed by atoms with Crippen LogP contribution in [0, 0.1) is 13.8 Å². The SMILES string of the molecule is Cc1ccc(S(=O)(=O)N(C(=O)c2ccc(Cl)cc2)c2ccc(N(C(=O)c3ccc(Cl)cc3)S(=O)(=O)c3ccc(C)cc3)cc2)cc1. The van der Waals surface area contributed by atoms with Gasteiger partial charge in [0, 0.05) is 21.2 Å². The van der Waals surface area contributed by atoms with Crippen molar-refractivity contribution in [2.75, 3.05) is 8.61 Å². The van der Waals surface area contributed by atoms with Crippen LogP contribution >= 0.6 is 23.2 Å². The summed E-state index contributed by atoms with van der Waals surface area (Å²) in [6.45, 7) is 3.60. The molecule has 0 atom stereocenters. The number of hydrogen-bond acceptors (Lipinski definition) is 6. The Morgan fingerprint density at radius 1 is 0.457 bits per heavy atom. The zero-order valence-electron chi connectivity index (χ0n) is 24.5. The van der Waals surface area contributed by atoms with Gasteiger partial charge in [-0.2, -0.15) is 8.61 Å². The molecular weight excluding hydrogens is 667 g/mol. The standard InChI is InChI=1S/C34H26Cl2N2O6S2/c1-23-3-19-31(20-4-23)45(41,42)37(33(39)25-7-11-27(35)12-8-25)29-15-17-30(18-16-29)38(34(40)26-9-13-28(36)14-10-26)46(43,44)32-21-5-24(2)6-22-32/h3-22H,1-2H3. The molecule has 0 N–H and O–H groups in total. The van der Waals surface area contributed by atoms with Crippen LogP contribution in [0.4, 0.5) is 11.4 Å². The van der Waals surface area contributed by atoms with E-state index in [9.17, 15) is 26.4 Å². The van der Waals surface area contributed by atoms with E-state index < -0.39 is 31.9 Å².